The van der Waals surface area contributed by atoms with Crippen LogP contribution >= 0.6 is 0 Å². The SMILES string of the molecule is NCc1ccc(F)cc1S(=O)(=O)Nc1ccccc1F. The van der Waals surface area contributed by atoms with Crippen molar-refractivity contribution < 1.29 is 17.2 Å². The predicted molar refractivity (Wildman–Crippen MR) is 71.5 cm³/mol. The molecule has 0 bridgehead atoms. The molecule has 0 aliphatic carbocycles. The molecule has 4 nitrogen and oxygen atoms in total. The van der Waals surface area contributed by atoms with Gasteiger partial charge in [0, 0.05) is 6.54 Å². The zero-order chi connectivity index (χ0) is 14.8. The predicted octanol–water partition coefficient (Wildman–Crippen LogP) is 2.22. The molecular formula is C13H12F2N2O2S. The van der Waals surface area contributed by atoms with Crippen LogP contribution in [0.4, 0.5) is 14.5 Å². The molecule has 0 aliphatic heterocycles. The normalized spacial score (nSPS) is 11.3. The summed E-state index contributed by atoms with van der Waals surface area (Å²) in [7, 11) is -4.11. The van der Waals surface area contributed by atoms with Gasteiger partial charge in [-0.3, -0.25) is 4.72 Å². The van der Waals surface area contributed by atoms with Crippen molar-refractivity contribution in [3.63, 3.8) is 0 Å². The fourth-order valence-corrected chi connectivity index (χ4v) is 3.02. The molecule has 2 aromatic rings. The van der Waals surface area contributed by atoms with E-state index in [0.29, 0.717) is 0 Å². The third-order valence-corrected chi connectivity index (χ3v) is 4.10. The van der Waals surface area contributed by atoms with Gasteiger partial charge in [-0.05, 0) is 29.8 Å². The topological polar surface area (TPSA) is 72.2 Å². The van der Waals surface area contributed by atoms with Crippen LogP contribution in [0.15, 0.2) is 47.4 Å². The van der Waals surface area contributed by atoms with Crippen molar-refractivity contribution >= 4 is 15.7 Å². The van der Waals surface area contributed by atoms with Crippen LogP contribution in [0.5, 0.6) is 0 Å². The first-order valence-corrected chi connectivity index (χ1v) is 7.18. The smallest absolute Gasteiger partial charge is 0.262 e. The summed E-state index contributed by atoms with van der Waals surface area (Å²) in [6.45, 7) is -0.0756. The van der Waals surface area contributed by atoms with Crippen molar-refractivity contribution in [2.45, 2.75) is 11.4 Å². The molecule has 0 spiro atoms. The second-order valence-corrected chi connectivity index (χ2v) is 5.69. The first-order valence-electron chi connectivity index (χ1n) is 5.70. The Morgan fingerprint density at radius 2 is 1.80 bits per heavy atom. The number of halogens is 2. The minimum atomic E-state index is -4.11. The summed E-state index contributed by atoms with van der Waals surface area (Å²) in [5.41, 5.74) is 5.47. The lowest BCUT2D eigenvalue weighted by atomic mass is 10.2. The minimum Gasteiger partial charge on any atom is -0.326 e. The maximum Gasteiger partial charge on any atom is 0.262 e. The van der Waals surface area contributed by atoms with Crippen molar-refractivity contribution in [1.82, 2.24) is 0 Å². The Morgan fingerprint density at radius 1 is 1.10 bits per heavy atom. The molecule has 2 rings (SSSR count). The van der Waals surface area contributed by atoms with E-state index in [0.717, 1.165) is 18.2 Å². The van der Waals surface area contributed by atoms with Crippen LogP contribution in [0.1, 0.15) is 5.56 Å². The van der Waals surface area contributed by atoms with Gasteiger partial charge in [-0.15, -0.1) is 0 Å². The van der Waals surface area contributed by atoms with Gasteiger partial charge in [-0.2, -0.15) is 0 Å². The fraction of sp³-hybridized carbons (Fsp3) is 0.0769. The Labute approximate surface area is 115 Å². The Kier molecular flexibility index (Phi) is 4.01. The quantitative estimate of drug-likeness (QED) is 0.909. The molecule has 0 amide bonds. The molecule has 0 unspecified atom stereocenters. The van der Waals surface area contributed by atoms with Gasteiger partial charge in [-0.25, -0.2) is 17.2 Å². The number of nitrogens with two attached hydrogens (primary N) is 1. The first kappa shape index (κ1) is 14.4. The van der Waals surface area contributed by atoms with Crippen molar-refractivity contribution in [2.24, 2.45) is 5.73 Å². The van der Waals surface area contributed by atoms with Crippen molar-refractivity contribution in [1.29, 1.82) is 0 Å². The van der Waals surface area contributed by atoms with Crippen LogP contribution in [0.25, 0.3) is 0 Å². The van der Waals surface area contributed by atoms with E-state index in [1.165, 1.54) is 24.3 Å². The van der Waals surface area contributed by atoms with E-state index < -0.39 is 21.7 Å². The molecule has 0 aliphatic rings. The average Bonchev–Trinajstić information content (AvgIpc) is 2.41. The largest absolute Gasteiger partial charge is 0.326 e. The molecule has 3 N–H and O–H groups in total. The summed E-state index contributed by atoms with van der Waals surface area (Å²) in [5, 5.41) is 0. The zero-order valence-electron chi connectivity index (χ0n) is 10.3. The van der Waals surface area contributed by atoms with Gasteiger partial charge < -0.3 is 5.73 Å². The lowest BCUT2D eigenvalue weighted by Crippen LogP contribution is -2.17. The van der Waals surface area contributed by atoms with Gasteiger partial charge >= 0.3 is 0 Å². The lowest BCUT2D eigenvalue weighted by molar-refractivity contribution is 0.591. The molecule has 0 fully saturated rings. The summed E-state index contributed by atoms with van der Waals surface area (Å²) in [5.74, 6) is -1.43. The zero-order valence-corrected chi connectivity index (χ0v) is 11.1. The van der Waals surface area contributed by atoms with Gasteiger partial charge in [0.1, 0.15) is 11.6 Å². The van der Waals surface area contributed by atoms with Gasteiger partial charge in [0.05, 0.1) is 10.6 Å². The number of sulfonamides is 1. The van der Waals surface area contributed by atoms with E-state index in [1.807, 2.05) is 0 Å². The number of anilines is 1. The third kappa shape index (κ3) is 2.94. The van der Waals surface area contributed by atoms with E-state index in [2.05, 4.69) is 4.72 Å². The van der Waals surface area contributed by atoms with Crippen molar-refractivity contribution in [3.05, 3.63) is 59.7 Å². The van der Waals surface area contributed by atoms with Crippen LogP contribution in [0.2, 0.25) is 0 Å². The molecule has 0 aromatic heterocycles. The van der Waals surface area contributed by atoms with E-state index in [-0.39, 0.29) is 22.7 Å². The molecule has 0 radical (unpaired) electrons. The fourth-order valence-electron chi connectivity index (χ4n) is 1.69. The summed E-state index contributed by atoms with van der Waals surface area (Å²) in [6, 6.07) is 8.56. The summed E-state index contributed by atoms with van der Waals surface area (Å²) < 4.78 is 53.1. The highest BCUT2D eigenvalue weighted by Crippen LogP contribution is 2.22. The number of nitrogens with one attached hydrogen (secondary N) is 1. The van der Waals surface area contributed by atoms with Crippen LogP contribution in [-0.4, -0.2) is 8.42 Å². The Bertz CT molecular complexity index is 733. The van der Waals surface area contributed by atoms with Crippen molar-refractivity contribution in [2.75, 3.05) is 4.72 Å². The van der Waals surface area contributed by atoms with Crippen LogP contribution < -0.4 is 10.5 Å². The Balaban J connectivity index is 2.46. The van der Waals surface area contributed by atoms with E-state index >= 15 is 0 Å². The number of benzene rings is 2. The van der Waals surface area contributed by atoms with Gasteiger partial charge in [0.2, 0.25) is 0 Å². The molecule has 20 heavy (non-hydrogen) atoms. The number of rotatable bonds is 4. The number of hydrogen-bond acceptors (Lipinski definition) is 3. The molecular weight excluding hydrogens is 286 g/mol. The van der Waals surface area contributed by atoms with E-state index in [9.17, 15) is 17.2 Å². The van der Waals surface area contributed by atoms with Crippen LogP contribution in [0.3, 0.4) is 0 Å². The maximum absolute atomic E-state index is 13.5. The summed E-state index contributed by atoms with van der Waals surface area (Å²) in [6.07, 6.45) is 0. The second-order valence-electron chi connectivity index (χ2n) is 4.04. The Morgan fingerprint density at radius 3 is 2.45 bits per heavy atom. The van der Waals surface area contributed by atoms with Crippen LogP contribution in [0, 0.1) is 11.6 Å². The summed E-state index contributed by atoms with van der Waals surface area (Å²) >= 11 is 0. The molecule has 0 heterocycles. The second kappa shape index (κ2) is 5.56. The van der Waals surface area contributed by atoms with Gasteiger partial charge in [-0.1, -0.05) is 18.2 Å². The maximum atomic E-state index is 13.5. The molecule has 0 atom stereocenters. The highest BCUT2D eigenvalue weighted by atomic mass is 32.2. The summed E-state index contributed by atoms with van der Waals surface area (Å²) in [4.78, 5) is -0.303. The molecule has 0 saturated carbocycles. The highest BCUT2D eigenvalue weighted by Gasteiger charge is 2.20. The van der Waals surface area contributed by atoms with Crippen LogP contribution in [-0.2, 0) is 16.6 Å². The minimum absolute atomic E-state index is 0.0756. The van der Waals surface area contributed by atoms with E-state index in [1.54, 1.807) is 0 Å². The first-order chi connectivity index (χ1) is 9.44. The standard InChI is InChI=1S/C13H12F2N2O2S/c14-10-6-5-9(8-16)13(7-10)20(18,19)17-12-4-2-1-3-11(12)15/h1-7,17H,8,16H2. The van der Waals surface area contributed by atoms with Gasteiger partial charge in [0.25, 0.3) is 10.0 Å². The van der Waals surface area contributed by atoms with Crippen molar-refractivity contribution in [3.8, 4) is 0 Å². The van der Waals surface area contributed by atoms with E-state index in [4.69, 9.17) is 5.73 Å². The average molecular weight is 298 g/mol. The molecule has 106 valence electrons. The highest BCUT2D eigenvalue weighted by molar-refractivity contribution is 7.92. The molecule has 2 aromatic carbocycles. The lowest BCUT2D eigenvalue weighted by Gasteiger charge is -2.12. The number of hydrogen-bond donors (Lipinski definition) is 2. The Hall–Kier alpha value is -1.99. The third-order valence-electron chi connectivity index (χ3n) is 2.66. The number of para-hydroxylation sites is 1. The monoisotopic (exact) mass is 298 g/mol. The molecule has 7 heteroatoms. The van der Waals surface area contributed by atoms with Gasteiger partial charge in [0.15, 0.2) is 0 Å². The molecule has 0 saturated heterocycles.